The fraction of sp³-hybridized carbons (Fsp3) is 0.731. The zero-order valence-corrected chi connectivity index (χ0v) is 19.4. The minimum atomic E-state index is 0.154. The van der Waals surface area contributed by atoms with Gasteiger partial charge in [-0.05, 0) is 74.6 Å². The summed E-state index contributed by atoms with van der Waals surface area (Å²) in [6.07, 6.45) is 7.11. The Morgan fingerprint density at radius 1 is 1.09 bits per heavy atom. The molecule has 6 nitrogen and oxygen atoms in total. The van der Waals surface area contributed by atoms with Crippen LogP contribution in [0.2, 0.25) is 0 Å². The molecule has 1 amide bonds. The lowest BCUT2D eigenvalue weighted by Gasteiger charge is -2.39. The summed E-state index contributed by atoms with van der Waals surface area (Å²) in [6.45, 7) is 6.73. The molecular weight excluding hydrogens is 402 g/mol. The van der Waals surface area contributed by atoms with Crippen molar-refractivity contribution in [3.8, 4) is 11.5 Å². The first-order valence-electron chi connectivity index (χ1n) is 12.7. The minimum absolute atomic E-state index is 0.154. The lowest BCUT2D eigenvalue weighted by atomic mass is 9.73. The quantitative estimate of drug-likeness (QED) is 0.779. The number of fused-ring (bicyclic) bond motifs is 4. The Balaban J connectivity index is 1.31. The SMILES string of the molecule is CC(C)[C@@H]1[C@@H]2[C@H](C(=O)N1Cc1ccc3c(c1)OCO3)[C@H](C1CCC(N)CC1)N1CCC[C@@H]21. The predicted octanol–water partition coefficient (Wildman–Crippen LogP) is 3.38. The van der Waals surface area contributed by atoms with E-state index >= 15 is 0 Å². The molecule has 2 N–H and O–H groups in total. The summed E-state index contributed by atoms with van der Waals surface area (Å²) in [7, 11) is 0. The molecule has 1 aromatic carbocycles. The van der Waals surface area contributed by atoms with E-state index in [2.05, 4.69) is 35.8 Å². The van der Waals surface area contributed by atoms with Crippen molar-refractivity contribution in [1.29, 1.82) is 0 Å². The van der Waals surface area contributed by atoms with Gasteiger partial charge in [-0.1, -0.05) is 19.9 Å². The highest BCUT2D eigenvalue weighted by molar-refractivity contribution is 5.84. The maximum atomic E-state index is 14.1. The number of rotatable bonds is 4. The molecule has 0 bridgehead atoms. The van der Waals surface area contributed by atoms with Gasteiger partial charge in [0.2, 0.25) is 12.7 Å². The largest absolute Gasteiger partial charge is 0.454 e. The van der Waals surface area contributed by atoms with Crippen LogP contribution in [0.3, 0.4) is 0 Å². The second-order valence-electron chi connectivity index (χ2n) is 11.1. The van der Waals surface area contributed by atoms with Gasteiger partial charge in [0.05, 0.1) is 5.92 Å². The van der Waals surface area contributed by atoms with Crippen molar-refractivity contribution in [2.45, 2.75) is 83.1 Å². The average Bonchev–Trinajstić information content (AvgIpc) is 3.52. The van der Waals surface area contributed by atoms with Crippen molar-refractivity contribution in [2.24, 2.45) is 29.4 Å². The summed E-state index contributed by atoms with van der Waals surface area (Å²) in [6, 6.07) is 7.77. The Labute approximate surface area is 191 Å². The highest BCUT2D eigenvalue weighted by Gasteiger charge is 2.63. The summed E-state index contributed by atoms with van der Waals surface area (Å²) < 4.78 is 11.1. The van der Waals surface area contributed by atoms with Crippen LogP contribution in [0.5, 0.6) is 11.5 Å². The first kappa shape index (κ1) is 20.8. The van der Waals surface area contributed by atoms with Gasteiger partial charge in [-0.2, -0.15) is 0 Å². The van der Waals surface area contributed by atoms with Crippen molar-refractivity contribution in [3.63, 3.8) is 0 Å². The van der Waals surface area contributed by atoms with Crippen molar-refractivity contribution in [1.82, 2.24) is 9.80 Å². The molecule has 1 saturated carbocycles. The lowest BCUT2D eigenvalue weighted by Crippen LogP contribution is -2.48. The van der Waals surface area contributed by atoms with Crippen molar-refractivity contribution >= 4 is 5.91 Å². The van der Waals surface area contributed by atoms with Gasteiger partial charge in [-0.15, -0.1) is 0 Å². The van der Waals surface area contributed by atoms with E-state index in [1.807, 2.05) is 6.07 Å². The number of likely N-dealkylation sites (tertiary alicyclic amines) is 1. The van der Waals surface area contributed by atoms with Crippen LogP contribution in [0.15, 0.2) is 18.2 Å². The van der Waals surface area contributed by atoms with Gasteiger partial charge in [0, 0.05) is 36.6 Å². The molecule has 0 radical (unpaired) electrons. The van der Waals surface area contributed by atoms with Gasteiger partial charge < -0.3 is 20.1 Å². The fourth-order valence-electron chi connectivity index (χ4n) is 7.84. The van der Waals surface area contributed by atoms with E-state index in [-0.39, 0.29) is 12.7 Å². The number of hydrogen-bond acceptors (Lipinski definition) is 5. The van der Waals surface area contributed by atoms with Crippen LogP contribution in [-0.2, 0) is 11.3 Å². The Hall–Kier alpha value is -1.79. The van der Waals surface area contributed by atoms with Gasteiger partial charge in [0.25, 0.3) is 0 Å². The van der Waals surface area contributed by atoms with Crippen LogP contribution in [0.25, 0.3) is 0 Å². The Morgan fingerprint density at radius 2 is 1.88 bits per heavy atom. The van der Waals surface area contributed by atoms with E-state index in [0.717, 1.165) is 29.9 Å². The smallest absolute Gasteiger partial charge is 0.231 e. The van der Waals surface area contributed by atoms with Gasteiger partial charge in [-0.3, -0.25) is 9.69 Å². The molecule has 5 atom stereocenters. The van der Waals surface area contributed by atoms with Crippen molar-refractivity contribution in [3.05, 3.63) is 23.8 Å². The van der Waals surface area contributed by atoms with Crippen molar-refractivity contribution < 1.29 is 14.3 Å². The number of carbonyl (C=O) groups excluding carboxylic acids is 1. The molecule has 0 spiro atoms. The zero-order chi connectivity index (χ0) is 22.0. The molecule has 4 fully saturated rings. The normalized spacial score (nSPS) is 38.6. The van der Waals surface area contributed by atoms with E-state index < -0.39 is 0 Å². The Bertz CT molecular complexity index is 881. The summed E-state index contributed by atoms with van der Waals surface area (Å²) in [5, 5.41) is 0. The number of hydrogen-bond donors (Lipinski definition) is 1. The standard InChI is InChI=1S/C26H37N3O3/c1-15(2)24-22-19-4-3-11-28(19)25(17-6-8-18(27)9-7-17)23(22)26(30)29(24)13-16-5-10-20-21(12-16)32-14-31-20/h5,10,12,15,17-19,22-25H,3-4,6-9,11,13-14,27H2,1-2H3/t17?,18?,19-,22-,23-,24+,25-/m0/s1. The molecule has 5 aliphatic rings. The predicted molar refractivity (Wildman–Crippen MR) is 122 cm³/mol. The van der Waals surface area contributed by atoms with Crippen molar-refractivity contribution in [2.75, 3.05) is 13.3 Å². The molecular formula is C26H37N3O3. The van der Waals surface area contributed by atoms with Gasteiger partial charge in [0.15, 0.2) is 11.5 Å². The molecule has 0 unspecified atom stereocenters. The molecule has 3 saturated heterocycles. The molecule has 32 heavy (non-hydrogen) atoms. The molecule has 6 heteroatoms. The molecule has 0 aromatic heterocycles. The van der Waals surface area contributed by atoms with Gasteiger partial charge in [-0.25, -0.2) is 0 Å². The fourth-order valence-corrected chi connectivity index (χ4v) is 7.84. The third-order valence-electron chi connectivity index (χ3n) is 9.05. The minimum Gasteiger partial charge on any atom is -0.454 e. The third-order valence-corrected chi connectivity index (χ3v) is 9.05. The van der Waals surface area contributed by atoms with Crippen LogP contribution >= 0.6 is 0 Å². The van der Waals surface area contributed by atoms with Gasteiger partial charge in [0.1, 0.15) is 0 Å². The second-order valence-corrected chi connectivity index (χ2v) is 11.1. The number of benzene rings is 1. The van der Waals surface area contributed by atoms with E-state index in [1.165, 1.54) is 32.2 Å². The van der Waals surface area contributed by atoms with Crippen LogP contribution in [0, 0.1) is 23.7 Å². The maximum Gasteiger partial charge on any atom is 0.231 e. The molecule has 4 aliphatic heterocycles. The van der Waals surface area contributed by atoms with Gasteiger partial charge >= 0.3 is 0 Å². The first-order chi connectivity index (χ1) is 15.5. The second kappa shape index (κ2) is 7.91. The summed E-state index contributed by atoms with van der Waals surface area (Å²) in [5.41, 5.74) is 7.37. The molecule has 1 aliphatic carbocycles. The maximum absolute atomic E-state index is 14.1. The lowest BCUT2D eigenvalue weighted by molar-refractivity contribution is -0.135. The number of amides is 1. The van der Waals surface area contributed by atoms with Crippen LogP contribution in [-0.4, -0.2) is 53.2 Å². The molecule has 6 rings (SSSR count). The van der Waals surface area contributed by atoms with E-state index in [0.29, 0.717) is 54.4 Å². The van der Waals surface area contributed by atoms with E-state index in [9.17, 15) is 4.79 Å². The van der Waals surface area contributed by atoms with E-state index in [4.69, 9.17) is 15.2 Å². The number of carbonyl (C=O) groups is 1. The monoisotopic (exact) mass is 439 g/mol. The zero-order valence-electron chi connectivity index (χ0n) is 19.4. The van der Waals surface area contributed by atoms with Crippen LogP contribution < -0.4 is 15.2 Å². The number of nitrogens with zero attached hydrogens (tertiary/aromatic N) is 2. The van der Waals surface area contributed by atoms with Crippen LogP contribution in [0.1, 0.15) is 57.9 Å². The average molecular weight is 440 g/mol. The topological polar surface area (TPSA) is 68.0 Å². The van der Waals surface area contributed by atoms with Crippen LogP contribution in [0.4, 0.5) is 0 Å². The van der Waals surface area contributed by atoms with E-state index in [1.54, 1.807) is 0 Å². The first-order valence-corrected chi connectivity index (χ1v) is 12.7. The molecule has 4 heterocycles. The molecule has 1 aromatic rings. The Morgan fingerprint density at radius 3 is 2.66 bits per heavy atom. The molecule has 174 valence electrons. The highest BCUT2D eigenvalue weighted by atomic mass is 16.7. The summed E-state index contributed by atoms with van der Waals surface area (Å²) >= 11 is 0. The number of nitrogens with two attached hydrogens (primary N) is 1. The highest BCUT2D eigenvalue weighted by Crippen LogP contribution is 2.54. The summed E-state index contributed by atoms with van der Waals surface area (Å²) in [5.74, 6) is 3.67. The Kier molecular flexibility index (Phi) is 5.14. The third kappa shape index (κ3) is 3.17. The number of ether oxygens (including phenoxy) is 2. The summed E-state index contributed by atoms with van der Waals surface area (Å²) in [4.78, 5) is 19.1.